The second-order valence-corrected chi connectivity index (χ2v) is 5.62. The van der Waals surface area contributed by atoms with Crippen molar-refractivity contribution >= 4 is 17.9 Å². The molecule has 0 aliphatic rings. The molecule has 0 bridgehead atoms. The molecule has 0 saturated carbocycles. The van der Waals surface area contributed by atoms with Crippen molar-refractivity contribution in [1.82, 2.24) is 15.0 Å². The first-order chi connectivity index (χ1) is 11.4. The van der Waals surface area contributed by atoms with Crippen molar-refractivity contribution in [3.05, 3.63) is 57.5 Å². The first-order valence-electron chi connectivity index (χ1n) is 7.47. The van der Waals surface area contributed by atoms with Gasteiger partial charge in [-0.2, -0.15) is 5.10 Å². The maximum Gasteiger partial charge on any atom is 0.343 e. The van der Waals surface area contributed by atoms with Crippen molar-refractivity contribution in [2.75, 3.05) is 0 Å². The fourth-order valence-corrected chi connectivity index (χ4v) is 2.12. The number of nitrogens with zero attached hydrogens (tertiary/aromatic N) is 4. The van der Waals surface area contributed by atoms with Gasteiger partial charge in [0.05, 0.1) is 6.21 Å². The molecule has 0 aliphatic heterocycles. The third-order valence-electron chi connectivity index (χ3n) is 3.53. The van der Waals surface area contributed by atoms with Gasteiger partial charge in [0.25, 0.3) is 5.91 Å². The molecule has 8 nitrogen and oxygen atoms in total. The van der Waals surface area contributed by atoms with Gasteiger partial charge in [-0.25, -0.2) is 15.0 Å². The van der Waals surface area contributed by atoms with E-state index in [9.17, 15) is 14.9 Å². The summed E-state index contributed by atoms with van der Waals surface area (Å²) in [6.45, 7) is 5.60. The fourth-order valence-electron chi connectivity index (χ4n) is 2.12. The van der Waals surface area contributed by atoms with Crippen molar-refractivity contribution in [2.45, 2.75) is 33.2 Å². The van der Waals surface area contributed by atoms with E-state index in [0.29, 0.717) is 11.7 Å². The molecule has 24 heavy (non-hydrogen) atoms. The van der Waals surface area contributed by atoms with Crippen LogP contribution in [0.25, 0.3) is 0 Å². The zero-order valence-electron chi connectivity index (χ0n) is 13.8. The highest BCUT2D eigenvalue weighted by molar-refractivity contribution is 5.82. The zero-order chi connectivity index (χ0) is 17.7. The normalized spacial score (nSPS) is 11.2. The number of carbonyl (C=O) groups excluding carboxylic acids is 1. The number of nitro groups is 1. The van der Waals surface area contributed by atoms with Gasteiger partial charge >= 0.3 is 5.82 Å². The molecule has 8 heteroatoms. The smallest absolute Gasteiger partial charge is 0.343 e. The van der Waals surface area contributed by atoms with Crippen LogP contribution in [0.2, 0.25) is 0 Å². The van der Waals surface area contributed by atoms with E-state index in [1.807, 2.05) is 24.3 Å². The Balaban J connectivity index is 1.96. The minimum Gasteiger partial charge on any atom is -0.358 e. The van der Waals surface area contributed by atoms with E-state index in [1.54, 1.807) is 6.92 Å². The highest BCUT2D eigenvalue weighted by atomic mass is 16.6. The summed E-state index contributed by atoms with van der Waals surface area (Å²) in [4.78, 5) is 26.0. The fraction of sp³-hybridized carbons (Fsp3) is 0.312. The summed E-state index contributed by atoms with van der Waals surface area (Å²) in [6.07, 6.45) is 2.65. The number of amides is 1. The van der Waals surface area contributed by atoms with E-state index in [4.69, 9.17) is 0 Å². The number of aryl methyl sites for hydroxylation is 1. The second kappa shape index (κ2) is 7.49. The number of nitrogens with one attached hydrogen (secondary N) is 1. The number of hydrazone groups is 1. The summed E-state index contributed by atoms with van der Waals surface area (Å²) in [5.41, 5.74) is 4.43. The molecule has 0 unspecified atom stereocenters. The van der Waals surface area contributed by atoms with Crippen molar-refractivity contribution in [3.63, 3.8) is 0 Å². The number of imidazole rings is 1. The molecule has 1 aromatic heterocycles. The Kier molecular flexibility index (Phi) is 5.41. The van der Waals surface area contributed by atoms with Crippen molar-refractivity contribution in [3.8, 4) is 0 Å². The molecule has 126 valence electrons. The SMILES string of the molecule is Cc1ncc([N+](=O)[O-])n1CC(=O)N/N=C/c1ccc(C(C)C)cc1. The molecular formula is C16H19N5O3. The number of hydrogen-bond donors (Lipinski definition) is 1. The predicted molar refractivity (Wildman–Crippen MR) is 89.9 cm³/mol. The van der Waals surface area contributed by atoms with Crippen LogP contribution < -0.4 is 5.43 Å². The van der Waals surface area contributed by atoms with Crippen molar-refractivity contribution < 1.29 is 9.72 Å². The van der Waals surface area contributed by atoms with Gasteiger partial charge in [0.15, 0.2) is 12.4 Å². The Morgan fingerprint density at radius 2 is 2.08 bits per heavy atom. The Hall–Kier alpha value is -3.03. The molecule has 0 atom stereocenters. The first-order valence-corrected chi connectivity index (χ1v) is 7.47. The molecule has 2 aromatic rings. The molecule has 0 spiro atoms. The van der Waals surface area contributed by atoms with E-state index < -0.39 is 10.8 Å². The van der Waals surface area contributed by atoms with Gasteiger partial charge in [0.2, 0.25) is 0 Å². The summed E-state index contributed by atoms with van der Waals surface area (Å²) in [5.74, 6) is 0.153. The summed E-state index contributed by atoms with van der Waals surface area (Å²) < 4.78 is 1.22. The lowest BCUT2D eigenvalue weighted by Crippen LogP contribution is -2.24. The Morgan fingerprint density at radius 3 is 2.67 bits per heavy atom. The molecule has 1 N–H and O–H groups in total. The van der Waals surface area contributed by atoms with Crippen LogP contribution in [0.15, 0.2) is 35.6 Å². The summed E-state index contributed by atoms with van der Waals surface area (Å²) in [7, 11) is 0. The minimum absolute atomic E-state index is 0.216. The maximum absolute atomic E-state index is 11.9. The number of carbonyl (C=O) groups is 1. The number of aromatic nitrogens is 2. The Bertz CT molecular complexity index is 763. The van der Waals surface area contributed by atoms with Gasteiger partial charge in [0, 0.05) is 6.92 Å². The molecule has 0 saturated heterocycles. The molecule has 1 aromatic carbocycles. The van der Waals surface area contributed by atoms with Gasteiger partial charge < -0.3 is 10.1 Å². The second-order valence-electron chi connectivity index (χ2n) is 5.62. The van der Waals surface area contributed by atoms with E-state index in [1.165, 1.54) is 16.3 Å². The molecule has 1 amide bonds. The lowest BCUT2D eigenvalue weighted by molar-refractivity contribution is -0.392. The van der Waals surface area contributed by atoms with Crippen LogP contribution in [-0.4, -0.2) is 26.6 Å². The van der Waals surface area contributed by atoms with Crippen molar-refractivity contribution in [1.29, 1.82) is 0 Å². The van der Waals surface area contributed by atoms with Gasteiger partial charge in [-0.15, -0.1) is 0 Å². The zero-order valence-corrected chi connectivity index (χ0v) is 13.8. The highest BCUT2D eigenvalue weighted by Crippen LogP contribution is 2.14. The monoisotopic (exact) mass is 329 g/mol. The van der Waals surface area contributed by atoms with Gasteiger partial charge in [-0.05, 0) is 22.0 Å². The average Bonchev–Trinajstić information content (AvgIpc) is 2.89. The van der Waals surface area contributed by atoms with E-state index in [2.05, 4.69) is 29.4 Å². The standard InChI is InChI=1S/C16H19N5O3/c1-11(2)14-6-4-13(5-7-14)8-18-19-15(22)10-20-12(3)17-9-16(20)21(23)24/h4-9,11H,10H2,1-3H3,(H,19,22)/b18-8+. The molecular weight excluding hydrogens is 310 g/mol. The van der Waals surface area contributed by atoms with Gasteiger partial charge in [-0.3, -0.25) is 4.79 Å². The predicted octanol–water partition coefficient (Wildman–Crippen LogP) is 2.37. The van der Waals surface area contributed by atoms with E-state index in [-0.39, 0.29) is 12.4 Å². The van der Waals surface area contributed by atoms with Gasteiger partial charge in [0.1, 0.15) is 6.20 Å². The highest BCUT2D eigenvalue weighted by Gasteiger charge is 2.19. The largest absolute Gasteiger partial charge is 0.358 e. The molecule has 1 heterocycles. The number of rotatable bonds is 6. The summed E-state index contributed by atoms with van der Waals surface area (Å²) in [6, 6.07) is 7.84. The van der Waals surface area contributed by atoms with Crippen molar-refractivity contribution in [2.24, 2.45) is 5.10 Å². The third kappa shape index (κ3) is 4.25. The molecule has 0 fully saturated rings. The molecule has 2 rings (SSSR count). The quantitative estimate of drug-likeness (QED) is 0.499. The van der Waals surface area contributed by atoms with Crippen LogP contribution >= 0.6 is 0 Å². The van der Waals surface area contributed by atoms with Crippen LogP contribution in [0.3, 0.4) is 0 Å². The molecule has 0 aliphatic carbocycles. The Labute approximate surface area is 139 Å². The Morgan fingerprint density at radius 1 is 1.42 bits per heavy atom. The summed E-state index contributed by atoms with van der Waals surface area (Å²) in [5, 5.41) is 14.7. The lowest BCUT2D eigenvalue weighted by Gasteiger charge is -2.04. The summed E-state index contributed by atoms with van der Waals surface area (Å²) >= 11 is 0. The topological polar surface area (TPSA) is 102 Å². The van der Waals surface area contributed by atoms with E-state index in [0.717, 1.165) is 11.8 Å². The first kappa shape index (κ1) is 17.3. The maximum atomic E-state index is 11.9. The van der Waals surface area contributed by atoms with Crippen LogP contribution in [0.5, 0.6) is 0 Å². The number of benzene rings is 1. The van der Waals surface area contributed by atoms with Crippen LogP contribution in [0.4, 0.5) is 5.82 Å². The third-order valence-corrected chi connectivity index (χ3v) is 3.53. The minimum atomic E-state index is -0.577. The lowest BCUT2D eigenvalue weighted by atomic mass is 10.0. The molecule has 0 radical (unpaired) electrons. The average molecular weight is 329 g/mol. The van der Waals surface area contributed by atoms with Crippen LogP contribution in [-0.2, 0) is 11.3 Å². The van der Waals surface area contributed by atoms with E-state index >= 15 is 0 Å². The number of hydrogen-bond acceptors (Lipinski definition) is 5. The van der Waals surface area contributed by atoms with Crippen LogP contribution in [0.1, 0.15) is 36.7 Å². The van der Waals surface area contributed by atoms with Gasteiger partial charge in [-0.1, -0.05) is 38.1 Å². The van der Waals surface area contributed by atoms with Crippen LogP contribution in [0, 0.1) is 17.0 Å².